The smallest absolute Gasteiger partial charge is 0.0621 e. The molecular weight excluding hydrogens is 100 g/mol. The van der Waals surface area contributed by atoms with Crippen LogP contribution in [-0.4, -0.2) is 12.3 Å². The van der Waals surface area contributed by atoms with Crippen LogP contribution in [0.1, 0.15) is 13.3 Å². The van der Waals surface area contributed by atoms with E-state index in [2.05, 4.69) is 23.5 Å². The summed E-state index contributed by atoms with van der Waals surface area (Å²) in [7, 11) is 0. The minimum Gasteiger partial charge on any atom is -0.303 e. The van der Waals surface area contributed by atoms with Crippen molar-refractivity contribution in [3.8, 4) is 0 Å². The summed E-state index contributed by atoms with van der Waals surface area (Å²) in [4.78, 5) is 0. The van der Waals surface area contributed by atoms with Gasteiger partial charge in [-0.05, 0) is 12.5 Å². The van der Waals surface area contributed by atoms with E-state index in [1.54, 1.807) is 6.21 Å². The summed E-state index contributed by atoms with van der Waals surface area (Å²) in [5, 5.41) is 3.87. The molecule has 0 amide bonds. The molecule has 1 atom stereocenters. The molecule has 0 bridgehead atoms. The highest BCUT2D eigenvalue weighted by Crippen LogP contribution is 1.94. The zero-order chi connectivity index (χ0) is 5.82. The first-order valence-corrected chi connectivity index (χ1v) is 2.89. The number of hydrazone groups is 1. The molecule has 1 N–H and O–H groups in total. The first kappa shape index (κ1) is 5.35. The second kappa shape index (κ2) is 2.50. The quantitative estimate of drug-likeness (QED) is 0.533. The average Bonchev–Trinajstić information content (AvgIpc) is 1.90. The normalized spacial score (nSPS) is 25.4. The Morgan fingerprint density at radius 3 is 3.00 bits per heavy atom. The van der Waals surface area contributed by atoms with E-state index in [0.717, 1.165) is 6.42 Å². The molecule has 1 aliphatic heterocycles. The highest BCUT2D eigenvalue weighted by Gasteiger charge is 1.97. The third-order valence-corrected chi connectivity index (χ3v) is 1.18. The molecule has 0 aromatic heterocycles. The molecule has 0 fully saturated rings. The molecule has 1 rings (SSSR count). The molecule has 1 aliphatic rings. The van der Waals surface area contributed by atoms with Crippen LogP contribution >= 0.6 is 0 Å². The zero-order valence-electron chi connectivity index (χ0n) is 4.96. The molecular formula is C6H10N2. The van der Waals surface area contributed by atoms with Gasteiger partial charge in [0.2, 0.25) is 0 Å². The van der Waals surface area contributed by atoms with Crippen molar-refractivity contribution in [3.63, 3.8) is 0 Å². The molecule has 0 saturated carbocycles. The minimum absolute atomic E-state index is 0.458. The molecule has 0 aliphatic carbocycles. The van der Waals surface area contributed by atoms with Crippen LogP contribution < -0.4 is 5.43 Å². The van der Waals surface area contributed by atoms with E-state index in [1.165, 1.54) is 0 Å². The van der Waals surface area contributed by atoms with Gasteiger partial charge in [0.1, 0.15) is 0 Å². The van der Waals surface area contributed by atoms with Gasteiger partial charge < -0.3 is 5.43 Å². The number of rotatable bonds is 1. The maximum absolute atomic E-state index is 3.87. The number of hydrogen-bond donors (Lipinski definition) is 1. The topological polar surface area (TPSA) is 24.4 Å². The Bertz CT molecular complexity index is 116. The number of allylic oxidation sites excluding steroid dienone is 1. The fourth-order valence-corrected chi connectivity index (χ4v) is 0.636. The van der Waals surface area contributed by atoms with Crippen molar-refractivity contribution in [1.29, 1.82) is 0 Å². The standard InChI is InChI=1S/C6H10N2/c1-2-6-4-3-5-7-8-6/h3-6,8H,2H2,1H3. The third kappa shape index (κ3) is 1.09. The van der Waals surface area contributed by atoms with Gasteiger partial charge >= 0.3 is 0 Å². The molecule has 0 spiro atoms. The van der Waals surface area contributed by atoms with E-state index in [1.807, 2.05) is 6.08 Å². The van der Waals surface area contributed by atoms with E-state index in [0.29, 0.717) is 6.04 Å². The summed E-state index contributed by atoms with van der Waals surface area (Å²) in [5.41, 5.74) is 2.95. The second-order valence-corrected chi connectivity index (χ2v) is 1.81. The van der Waals surface area contributed by atoms with Crippen molar-refractivity contribution in [3.05, 3.63) is 12.2 Å². The van der Waals surface area contributed by atoms with Crippen LogP contribution in [0.4, 0.5) is 0 Å². The molecule has 8 heavy (non-hydrogen) atoms. The van der Waals surface area contributed by atoms with Gasteiger partial charge in [-0.2, -0.15) is 5.10 Å². The lowest BCUT2D eigenvalue weighted by Crippen LogP contribution is -2.22. The van der Waals surface area contributed by atoms with Crippen LogP contribution in [-0.2, 0) is 0 Å². The highest BCUT2D eigenvalue weighted by molar-refractivity contribution is 5.71. The lowest BCUT2D eigenvalue weighted by molar-refractivity contribution is 0.603. The zero-order valence-corrected chi connectivity index (χ0v) is 4.96. The Labute approximate surface area is 49.3 Å². The van der Waals surface area contributed by atoms with Gasteiger partial charge in [0, 0.05) is 6.21 Å². The van der Waals surface area contributed by atoms with Gasteiger partial charge in [0.15, 0.2) is 0 Å². The van der Waals surface area contributed by atoms with Crippen LogP contribution in [0.3, 0.4) is 0 Å². The number of nitrogens with one attached hydrogen (secondary N) is 1. The van der Waals surface area contributed by atoms with E-state index in [-0.39, 0.29) is 0 Å². The van der Waals surface area contributed by atoms with Crippen LogP contribution in [0.15, 0.2) is 17.3 Å². The van der Waals surface area contributed by atoms with Crippen LogP contribution in [0.5, 0.6) is 0 Å². The largest absolute Gasteiger partial charge is 0.303 e. The third-order valence-electron chi connectivity index (χ3n) is 1.18. The first-order valence-electron chi connectivity index (χ1n) is 2.89. The van der Waals surface area contributed by atoms with Gasteiger partial charge in [-0.25, -0.2) is 0 Å². The summed E-state index contributed by atoms with van der Waals surface area (Å²) >= 11 is 0. The fraction of sp³-hybridized carbons (Fsp3) is 0.500. The Balaban J connectivity index is 2.40. The number of hydrogen-bond acceptors (Lipinski definition) is 2. The van der Waals surface area contributed by atoms with E-state index in [4.69, 9.17) is 0 Å². The number of nitrogens with zero attached hydrogens (tertiary/aromatic N) is 1. The Hall–Kier alpha value is -0.790. The highest BCUT2D eigenvalue weighted by atomic mass is 15.3. The van der Waals surface area contributed by atoms with Gasteiger partial charge in [-0.3, -0.25) is 0 Å². The second-order valence-electron chi connectivity index (χ2n) is 1.81. The van der Waals surface area contributed by atoms with Crippen molar-refractivity contribution in [2.45, 2.75) is 19.4 Å². The van der Waals surface area contributed by atoms with Crippen molar-refractivity contribution < 1.29 is 0 Å². The Morgan fingerprint density at radius 2 is 2.62 bits per heavy atom. The van der Waals surface area contributed by atoms with E-state index in [9.17, 15) is 0 Å². The predicted molar refractivity (Wildman–Crippen MR) is 34.8 cm³/mol. The maximum atomic E-state index is 3.87. The van der Waals surface area contributed by atoms with Gasteiger partial charge in [-0.1, -0.05) is 13.0 Å². The molecule has 0 saturated heterocycles. The Kier molecular flexibility index (Phi) is 1.67. The van der Waals surface area contributed by atoms with E-state index < -0.39 is 0 Å². The Morgan fingerprint density at radius 1 is 1.75 bits per heavy atom. The molecule has 0 aromatic carbocycles. The monoisotopic (exact) mass is 110 g/mol. The lowest BCUT2D eigenvalue weighted by atomic mass is 10.2. The predicted octanol–water partition coefficient (Wildman–Crippen LogP) is 0.910. The first-order chi connectivity index (χ1) is 3.93. The molecule has 1 unspecified atom stereocenters. The van der Waals surface area contributed by atoms with Gasteiger partial charge in [-0.15, -0.1) is 0 Å². The van der Waals surface area contributed by atoms with Crippen molar-refractivity contribution in [1.82, 2.24) is 5.43 Å². The van der Waals surface area contributed by atoms with Crippen LogP contribution in [0.2, 0.25) is 0 Å². The summed E-state index contributed by atoms with van der Waals surface area (Å²) in [5.74, 6) is 0. The van der Waals surface area contributed by atoms with Crippen LogP contribution in [0.25, 0.3) is 0 Å². The van der Waals surface area contributed by atoms with Crippen molar-refractivity contribution in [2.75, 3.05) is 0 Å². The molecule has 44 valence electrons. The summed E-state index contributed by atoms with van der Waals surface area (Å²) in [6.07, 6.45) is 6.93. The van der Waals surface area contributed by atoms with Crippen molar-refractivity contribution in [2.24, 2.45) is 5.10 Å². The molecule has 1 heterocycles. The van der Waals surface area contributed by atoms with Gasteiger partial charge in [0.25, 0.3) is 0 Å². The summed E-state index contributed by atoms with van der Waals surface area (Å²) in [6.45, 7) is 2.13. The molecule has 0 aromatic rings. The minimum atomic E-state index is 0.458. The lowest BCUT2D eigenvalue weighted by Gasteiger charge is -2.10. The van der Waals surface area contributed by atoms with Crippen molar-refractivity contribution >= 4 is 6.21 Å². The average molecular weight is 110 g/mol. The molecule has 0 radical (unpaired) electrons. The SMILES string of the molecule is CCC1C=CC=NN1. The van der Waals surface area contributed by atoms with Gasteiger partial charge in [0.05, 0.1) is 6.04 Å². The van der Waals surface area contributed by atoms with E-state index >= 15 is 0 Å². The fourth-order valence-electron chi connectivity index (χ4n) is 0.636. The summed E-state index contributed by atoms with van der Waals surface area (Å²) < 4.78 is 0. The van der Waals surface area contributed by atoms with Crippen LogP contribution in [0, 0.1) is 0 Å². The molecule has 2 heteroatoms. The molecule has 2 nitrogen and oxygen atoms in total. The maximum Gasteiger partial charge on any atom is 0.0621 e. The summed E-state index contributed by atoms with van der Waals surface area (Å²) in [6, 6.07) is 0.458.